The summed E-state index contributed by atoms with van der Waals surface area (Å²) in [5, 5.41) is 18.6. The largest absolute Gasteiger partial charge is 0.508 e. The van der Waals surface area contributed by atoms with E-state index in [4.69, 9.17) is 5.11 Å². The van der Waals surface area contributed by atoms with Crippen LogP contribution in [0.25, 0.3) is 0 Å². The van der Waals surface area contributed by atoms with Gasteiger partial charge in [0.05, 0.1) is 0 Å². The van der Waals surface area contributed by atoms with Crippen molar-refractivity contribution < 1.29 is 14.6 Å². The van der Waals surface area contributed by atoms with Gasteiger partial charge in [-0.15, -0.1) is 0 Å². The lowest BCUT2D eigenvalue weighted by atomic mass is 9.90. The minimum absolute atomic E-state index is 0.213. The Balaban J connectivity index is 2.20. The van der Waals surface area contributed by atoms with Crippen LogP contribution in [0.15, 0.2) is 36.4 Å². The van der Waals surface area contributed by atoms with Crippen LogP contribution in [-0.2, 0) is 6.42 Å². The summed E-state index contributed by atoms with van der Waals surface area (Å²) in [5.41, 5.74) is 2.99. The Morgan fingerprint density at radius 1 is 1.11 bits per heavy atom. The van der Waals surface area contributed by atoms with Crippen molar-refractivity contribution in [3.8, 4) is 11.5 Å². The van der Waals surface area contributed by atoms with E-state index in [1.54, 1.807) is 18.2 Å². The van der Waals surface area contributed by atoms with Crippen LogP contribution in [0.2, 0.25) is 0 Å². The Morgan fingerprint density at radius 3 is 2.47 bits per heavy atom. The minimum atomic E-state index is -0.591. The molecule has 2 aromatic rings. The summed E-state index contributed by atoms with van der Waals surface area (Å²) < 4.78 is 13.3. The van der Waals surface area contributed by atoms with Crippen LogP contribution in [0.1, 0.15) is 29.5 Å². The van der Waals surface area contributed by atoms with E-state index in [0.717, 1.165) is 16.7 Å². The molecule has 0 spiro atoms. The first-order valence-electron chi connectivity index (χ1n) is 6.24. The maximum Gasteiger partial charge on any atom is 0.165 e. The van der Waals surface area contributed by atoms with Crippen molar-refractivity contribution >= 4 is 0 Å². The van der Waals surface area contributed by atoms with Gasteiger partial charge in [-0.3, -0.25) is 0 Å². The zero-order valence-corrected chi connectivity index (χ0v) is 11.0. The molecular weight excluding hydrogens is 243 g/mol. The molecule has 2 rings (SSSR count). The van der Waals surface area contributed by atoms with E-state index >= 15 is 0 Å². The summed E-state index contributed by atoms with van der Waals surface area (Å²) in [6.45, 7) is 4.01. The van der Waals surface area contributed by atoms with Gasteiger partial charge in [0, 0.05) is 0 Å². The molecule has 0 aliphatic carbocycles. The van der Waals surface area contributed by atoms with Crippen LogP contribution < -0.4 is 0 Å². The van der Waals surface area contributed by atoms with Gasteiger partial charge in [-0.2, -0.15) is 0 Å². The molecule has 2 nitrogen and oxygen atoms in total. The minimum Gasteiger partial charge on any atom is -0.508 e. The van der Waals surface area contributed by atoms with E-state index in [0.29, 0.717) is 6.42 Å². The molecule has 0 aromatic heterocycles. The van der Waals surface area contributed by atoms with E-state index < -0.39 is 5.82 Å². The Hall–Kier alpha value is -2.03. The Kier molecular flexibility index (Phi) is 3.74. The van der Waals surface area contributed by atoms with Gasteiger partial charge in [0.15, 0.2) is 11.6 Å². The quantitative estimate of drug-likeness (QED) is 0.879. The molecule has 0 aliphatic heterocycles. The number of aryl methyl sites for hydroxylation is 1. The van der Waals surface area contributed by atoms with Crippen molar-refractivity contribution in [3.05, 3.63) is 58.9 Å². The summed E-state index contributed by atoms with van der Waals surface area (Å²) in [5.74, 6) is -0.446. The summed E-state index contributed by atoms with van der Waals surface area (Å²) >= 11 is 0. The second kappa shape index (κ2) is 5.31. The Labute approximate surface area is 112 Å². The Morgan fingerprint density at radius 2 is 1.84 bits per heavy atom. The first kappa shape index (κ1) is 13.4. The van der Waals surface area contributed by atoms with Crippen molar-refractivity contribution in [3.63, 3.8) is 0 Å². The zero-order chi connectivity index (χ0) is 14.0. The monoisotopic (exact) mass is 260 g/mol. The van der Waals surface area contributed by atoms with E-state index in [9.17, 15) is 9.50 Å². The van der Waals surface area contributed by atoms with Crippen molar-refractivity contribution in [1.82, 2.24) is 0 Å². The molecule has 0 radical (unpaired) electrons. The lowest BCUT2D eigenvalue weighted by Gasteiger charge is -2.15. The third kappa shape index (κ3) is 3.05. The predicted molar refractivity (Wildman–Crippen MR) is 73.0 cm³/mol. The lowest BCUT2D eigenvalue weighted by molar-refractivity contribution is 0.431. The molecule has 0 amide bonds. The van der Waals surface area contributed by atoms with Crippen LogP contribution in [0.3, 0.4) is 0 Å². The molecule has 1 unspecified atom stereocenters. The highest BCUT2D eigenvalue weighted by Crippen LogP contribution is 2.27. The summed E-state index contributed by atoms with van der Waals surface area (Å²) in [4.78, 5) is 0. The van der Waals surface area contributed by atoms with Crippen molar-refractivity contribution in [2.24, 2.45) is 0 Å². The lowest BCUT2D eigenvalue weighted by Crippen LogP contribution is -2.01. The highest BCUT2D eigenvalue weighted by atomic mass is 19.1. The van der Waals surface area contributed by atoms with Gasteiger partial charge in [0.25, 0.3) is 0 Å². The summed E-state index contributed by atoms with van der Waals surface area (Å²) in [6.07, 6.45) is 0.683. The summed E-state index contributed by atoms with van der Waals surface area (Å²) in [6, 6.07) is 9.75. The normalized spacial score (nSPS) is 12.4. The van der Waals surface area contributed by atoms with Gasteiger partial charge in [-0.25, -0.2) is 4.39 Å². The number of hydrogen-bond acceptors (Lipinski definition) is 2. The van der Waals surface area contributed by atoms with Gasteiger partial charge in [-0.05, 0) is 60.2 Å². The molecule has 0 saturated heterocycles. The van der Waals surface area contributed by atoms with Crippen molar-refractivity contribution in [1.29, 1.82) is 0 Å². The number of phenolic OH excluding ortho intramolecular Hbond substituents is 2. The molecule has 2 N–H and O–H groups in total. The molecule has 3 heteroatoms. The fourth-order valence-corrected chi connectivity index (χ4v) is 2.35. The zero-order valence-electron chi connectivity index (χ0n) is 11.0. The molecule has 0 heterocycles. The Bertz CT molecular complexity index is 593. The molecular formula is C16H17FO2. The first-order chi connectivity index (χ1) is 8.97. The van der Waals surface area contributed by atoms with Crippen LogP contribution in [0.5, 0.6) is 11.5 Å². The molecule has 100 valence electrons. The standard InChI is InChI=1S/C16H17FO2/c1-10(14-5-4-13(18)8-11(14)2)7-12-3-6-16(19)15(17)9-12/h3-6,8-10,18-19H,7H2,1-2H3. The van der Waals surface area contributed by atoms with Crippen molar-refractivity contribution in [2.45, 2.75) is 26.2 Å². The predicted octanol–water partition coefficient (Wildman–Crippen LogP) is 3.89. The molecule has 1 atom stereocenters. The highest BCUT2D eigenvalue weighted by molar-refractivity contribution is 5.37. The number of aromatic hydroxyl groups is 2. The van der Waals surface area contributed by atoms with E-state index in [1.165, 1.54) is 12.1 Å². The average molecular weight is 260 g/mol. The molecule has 0 bridgehead atoms. The molecule has 2 aromatic carbocycles. The second-order valence-electron chi connectivity index (χ2n) is 4.93. The SMILES string of the molecule is Cc1cc(O)ccc1C(C)Cc1ccc(O)c(F)c1. The maximum atomic E-state index is 13.3. The first-order valence-corrected chi connectivity index (χ1v) is 6.24. The number of halogens is 1. The van der Waals surface area contributed by atoms with Gasteiger partial charge >= 0.3 is 0 Å². The molecule has 0 fully saturated rings. The van der Waals surface area contributed by atoms with E-state index in [-0.39, 0.29) is 17.4 Å². The third-order valence-electron chi connectivity index (χ3n) is 3.34. The number of hydrogen-bond donors (Lipinski definition) is 2. The fourth-order valence-electron chi connectivity index (χ4n) is 2.35. The van der Waals surface area contributed by atoms with Gasteiger partial charge < -0.3 is 10.2 Å². The average Bonchev–Trinajstić information content (AvgIpc) is 2.33. The van der Waals surface area contributed by atoms with Crippen LogP contribution in [0.4, 0.5) is 4.39 Å². The molecule has 19 heavy (non-hydrogen) atoms. The number of benzene rings is 2. The second-order valence-corrected chi connectivity index (χ2v) is 4.93. The van der Waals surface area contributed by atoms with E-state index in [2.05, 4.69) is 6.92 Å². The molecule has 0 saturated carbocycles. The van der Waals surface area contributed by atoms with Crippen molar-refractivity contribution in [2.75, 3.05) is 0 Å². The van der Waals surface area contributed by atoms with E-state index in [1.807, 2.05) is 13.0 Å². The van der Waals surface area contributed by atoms with Gasteiger partial charge in [0.1, 0.15) is 5.75 Å². The maximum absolute atomic E-state index is 13.3. The topological polar surface area (TPSA) is 40.5 Å². The smallest absolute Gasteiger partial charge is 0.165 e. The molecule has 0 aliphatic rings. The summed E-state index contributed by atoms with van der Waals surface area (Å²) in [7, 11) is 0. The van der Waals surface area contributed by atoms with Gasteiger partial charge in [-0.1, -0.05) is 19.1 Å². The van der Waals surface area contributed by atoms with Crippen LogP contribution in [-0.4, -0.2) is 10.2 Å². The van der Waals surface area contributed by atoms with Crippen LogP contribution in [0, 0.1) is 12.7 Å². The highest BCUT2D eigenvalue weighted by Gasteiger charge is 2.11. The van der Waals surface area contributed by atoms with Crippen LogP contribution >= 0.6 is 0 Å². The van der Waals surface area contributed by atoms with Gasteiger partial charge in [0.2, 0.25) is 0 Å². The third-order valence-corrected chi connectivity index (χ3v) is 3.34. The fraction of sp³-hybridized carbons (Fsp3) is 0.250. The number of phenols is 2. The number of rotatable bonds is 3.